The van der Waals surface area contributed by atoms with E-state index in [-0.39, 0.29) is 0 Å². The van der Waals surface area contributed by atoms with E-state index in [2.05, 4.69) is 26.4 Å². The van der Waals surface area contributed by atoms with Crippen molar-refractivity contribution in [2.24, 2.45) is 10.7 Å². The first-order valence-corrected chi connectivity index (χ1v) is 5.36. The molecule has 1 aromatic heterocycles. The van der Waals surface area contributed by atoms with E-state index < -0.39 is 0 Å². The van der Waals surface area contributed by atoms with Gasteiger partial charge in [-0.2, -0.15) is 0 Å². The van der Waals surface area contributed by atoms with Crippen molar-refractivity contribution in [1.29, 1.82) is 0 Å². The maximum absolute atomic E-state index is 5.90. The van der Waals surface area contributed by atoms with Gasteiger partial charge >= 0.3 is 0 Å². The molecule has 1 aromatic rings. The molecule has 82 valence electrons. The standard InChI is InChI=1S/C10H17N5/c1-2-3-13-10(11)15-7-6-14-5-4-12-9(14)8-15/h4-5H,2-3,6-8H2,1H3,(H2,11,13). The van der Waals surface area contributed by atoms with Crippen LogP contribution in [0.4, 0.5) is 0 Å². The molecule has 0 saturated heterocycles. The molecule has 0 radical (unpaired) electrons. The molecule has 0 spiro atoms. The summed E-state index contributed by atoms with van der Waals surface area (Å²) in [7, 11) is 0. The van der Waals surface area contributed by atoms with Gasteiger partial charge in [0.15, 0.2) is 5.96 Å². The number of nitrogens with zero attached hydrogens (tertiary/aromatic N) is 4. The first kappa shape index (κ1) is 10.0. The highest BCUT2D eigenvalue weighted by Gasteiger charge is 2.17. The van der Waals surface area contributed by atoms with Crippen LogP contribution in [-0.4, -0.2) is 33.5 Å². The van der Waals surface area contributed by atoms with Crippen LogP contribution in [0.15, 0.2) is 17.4 Å². The van der Waals surface area contributed by atoms with E-state index in [0.29, 0.717) is 5.96 Å². The molecule has 0 aliphatic carbocycles. The molecule has 0 amide bonds. The molecule has 5 nitrogen and oxygen atoms in total. The molecule has 2 rings (SSSR count). The van der Waals surface area contributed by atoms with Gasteiger partial charge in [-0.1, -0.05) is 6.92 Å². The SMILES string of the molecule is CCCN=C(N)N1CCn2ccnc2C1. The van der Waals surface area contributed by atoms with Crippen LogP contribution in [0.5, 0.6) is 0 Å². The predicted molar refractivity (Wildman–Crippen MR) is 59.4 cm³/mol. The van der Waals surface area contributed by atoms with Crippen molar-refractivity contribution >= 4 is 5.96 Å². The zero-order valence-electron chi connectivity index (χ0n) is 9.06. The molecule has 15 heavy (non-hydrogen) atoms. The van der Waals surface area contributed by atoms with Crippen LogP contribution in [0.1, 0.15) is 19.2 Å². The lowest BCUT2D eigenvalue weighted by atomic mass is 10.4. The van der Waals surface area contributed by atoms with Crippen molar-refractivity contribution in [2.75, 3.05) is 13.1 Å². The van der Waals surface area contributed by atoms with E-state index in [1.165, 1.54) is 0 Å². The smallest absolute Gasteiger partial charge is 0.191 e. The van der Waals surface area contributed by atoms with Gasteiger partial charge in [0, 0.05) is 32.0 Å². The third-order valence-corrected chi connectivity index (χ3v) is 2.57. The summed E-state index contributed by atoms with van der Waals surface area (Å²) in [5, 5.41) is 0. The van der Waals surface area contributed by atoms with Crippen LogP contribution in [0.3, 0.4) is 0 Å². The summed E-state index contributed by atoms with van der Waals surface area (Å²) in [6.07, 6.45) is 4.87. The van der Waals surface area contributed by atoms with Crippen LogP contribution in [0.25, 0.3) is 0 Å². The summed E-state index contributed by atoms with van der Waals surface area (Å²) < 4.78 is 2.16. The summed E-state index contributed by atoms with van der Waals surface area (Å²) in [6, 6.07) is 0. The van der Waals surface area contributed by atoms with Gasteiger partial charge in [0.05, 0.1) is 6.54 Å². The van der Waals surface area contributed by atoms with Crippen molar-refractivity contribution in [2.45, 2.75) is 26.4 Å². The van der Waals surface area contributed by atoms with Crippen LogP contribution in [-0.2, 0) is 13.1 Å². The highest BCUT2D eigenvalue weighted by molar-refractivity contribution is 5.78. The first-order chi connectivity index (χ1) is 7.31. The fourth-order valence-corrected chi connectivity index (χ4v) is 1.70. The number of guanidine groups is 1. The summed E-state index contributed by atoms with van der Waals surface area (Å²) in [5.74, 6) is 1.71. The Morgan fingerprint density at radius 1 is 1.60 bits per heavy atom. The minimum Gasteiger partial charge on any atom is -0.370 e. The fourth-order valence-electron chi connectivity index (χ4n) is 1.70. The number of aliphatic imine (C=N–C) groups is 1. The predicted octanol–water partition coefficient (Wildman–Crippen LogP) is 0.423. The Kier molecular flexibility index (Phi) is 2.89. The number of hydrogen-bond acceptors (Lipinski definition) is 2. The minimum absolute atomic E-state index is 0.645. The summed E-state index contributed by atoms with van der Waals surface area (Å²) >= 11 is 0. The highest BCUT2D eigenvalue weighted by Crippen LogP contribution is 2.09. The molecular weight excluding hydrogens is 190 g/mol. The molecular formula is C10H17N5. The lowest BCUT2D eigenvalue weighted by molar-refractivity contribution is 0.326. The van der Waals surface area contributed by atoms with E-state index in [1.807, 2.05) is 12.4 Å². The first-order valence-electron chi connectivity index (χ1n) is 5.36. The van der Waals surface area contributed by atoms with Crippen molar-refractivity contribution < 1.29 is 0 Å². The molecule has 1 aliphatic heterocycles. The summed E-state index contributed by atoms with van der Waals surface area (Å²) in [5.41, 5.74) is 5.90. The van der Waals surface area contributed by atoms with Gasteiger partial charge in [-0.05, 0) is 6.42 Å². The van der Waals surface area contributed by atoms with Crippen molar-refractivity contribution in [1.82, 2.24) is 14.5 Å². The monoisotopic (exact) mass is 207 g/mol. The van der Waals surface area contributed by atoms with Gasteiger partial charge in [-0.15, -0.1) is 0 Å². The van der Waals surface area contributed by atoms with E-state index in [4.69, 9.17) is 5.73 Å². The molecule has 2 N–H and O–H groups in total. The molecule has 0 aromatic carbocycles. The Morgan fingerprint density at radius 2 is 2.47 bits per heavy atom. The van der Waals surface area contributed by atoms with Crippen LogP contribution < -0.4 is 5.73 Å². The highest BCUT2D eigenvalue weighted by atomic mass is 15.3. The molecule has 5 heteroatoms. The zero-order chi connectivity index (χ0) is 10.7. The van der Waals surface area contributed by atoms with Gasteiger partial charge < -0.3 is 15.2 Å². The Balaban J connectivity index is 2.03. The quantitative estimate of drug-likeness (QED) is 0.565. The number of aromatic nitrogens is 2. The van der Waals surface area contributed by atoms with Gasteiger partial charge in [-0.25, -0.2) is 4.98 Å². The molecule has 0 atom stereocenters. The van der Waals surface area contributed by atoms with E-state index in [1.54, 1.807) is 0 Å². The Labute approximate surface area is 89.6 Å². The molecule has 0 fully saturated rings. The normalized spacial score (nSPS) is 16.6. The third kappa shape index (κ3) is 2.11. The van der Waals surface area contributed by atoms with Gasteiger partial charge in [0.25, 0.3) is 0 Å². The zero-order valence-corrected chi connectivity index (χ0v) is 9.06. The number of hydrogen-bond donors (Lipinski definition) is 1. The van der Waals surface area contributed by atoms with E-state index in [9.17, 15) is 0 Å². The number of nitrogens with two attached hydrogens (primary N) is 1. The van der Waals surface area contributed by atoms with Crippen molar-refractivity contribution in [3.63, 3.8) is 0 Å². The average molecular weight is 207 g/mol. The van der Waals surface area contributed by atoms with Crippen LogP contribution in [0, 0.1) is 0 Å². The van der Waals surface area contributed by atoms with Crippen LogP contribution in [0.2, 0.25) is 0 Å². The third-order valence-electron chi connectivity index (χ3n) is 2.57. The largest absolute Gasteiger partial charge is 0.370 e. The lowest BCUT2D eigenvalue weighted by Gasteiger charge is -2.28. The molecule has 0 unspecified atom stereocenters. The number of rotatable bonds is 2. The molecule has 0 bridgehead atoms. The molecule has 1 aliphatic rings. The minimum atomic E-state index is 0.645. The maximum Gasteiger partial charge on any atom is 0.191 e. The van der Waals surface area contributed by atoms with E-state index in [0.717, 1.165) is 38.4 Å². The summed E-state index contributed by atoms with van der Waals surface area (Å²) in [6.45, 7) is 5.53. The number of imidazole rings is 1. The van der Waals surface area contributed by atoms with Gasteiger partial charge in [0.1, 0.15) is 5.82 Å². The summed E-state index contributed by atoms with van der Waals surface area (Å²) in [4.78, 5) is 10.7. The van der Waals surface area contributed by atoms with Gasteiger partial charge in [0.2, 0.25) is 0 Å². The maximum atomic E-state index is 5.90. The second-order valence-corrected chi connectivity index (χ2v) is 3.70. The Hall–Kier alpha value is -1.52. The lowest BCUT2D eigenvalue weighted by Crippen LogP contribution is -2.42. The van der Waals surface area contributed by atoms with Gasteiger partial charge in [-0.3, -0.25) is 4.99 Å². The Bertz CT molecular complexity index is 354. The second-order valence-electron chi connectivity index (χ2n) is 3.70. The topological polar surface area (TPSA) is 59.4 Å². The van der Waals surface area contributed by atoms with E-state index >= 15 is 0 Å². The molecule has 0 saturated carbocycles. The molecule has 2 heterocycles. The number of fused-ring (bicyclic) bond motifs is 1. The fraction of sp³-hybridized carbons (Fsp3) is 0.600. The second kappa shape index (κ2) is 4.33. The van der Waals surface area contributed by atoms with Crippen molar-refractivity contribution in [3.05, 3.63) is 18.2 Å². The van der Waals surface area contributed by atoms with Crippen LogP contribution >= 0.6 is 0 Å². The van der Waals surface area contributed by atoms with Crippen molar-refractivity contribution in [3.8, 4) is 0 Å². The Morgan fingerprint density at radius 3 is 3.27 bits per heavy atom. The average Bonchev–Trinajstić information content (AvgIpc) is 2.72.